The van der Waals surface area contributed by atoms with Gasteiger partial charge in [-0.1, -0.05) is 0 Å². The lowest BCUT2D eigenvalue weighted by atomic mass is 9.97. The van der Waals surface area contributed by atoms with Crippen molar-refractivity contribution in [2.45, 2.75) is 38.5 Å². The molecular weight excluding hydrogens is 300 g/mol. The summed E-state index contributed by atoms with van der Waals surface area (Å²) < 4.78 is 1.79. The second kappa shape index (κ2) is 5.62. The minimum Gasteiger partial charge on any atom is -0.337 e. The molecule has 0 N–H and O–H groups in total. The molecule has 124 valence electrons. The van der Waals surface area contributed by atoms with Gasteiger partial charge >= 0.3 is 0 Å². The lowest BCUT2D eigenvalue weighted by Gasteiger charge is -2.30. The molecule has 0 radical (unpaired) electrons. The average Bonchev–Trinajstić information content (AvgIpc) is 3.41. The molecule has 1 aliphatic carbocycles. The van der Waals surface area contributed by atoms with Gasteiger partial charge in [-0.3, -0.25) is 9.48 Å². The van der Waals surface area contributed by atoms with Crippen LogP contribution in [0.5, 0.6) is 0 Å². The first-order chi connectivity index (χ1) is 11.6. The van der Waals surface area contributed by atoms with E-state index >= 15 is 0 Å². The van der Waals surface area contributed by atoms with Crippen LogP contribution in [0.15, 0.2) is 6.07 Å². The SMILES string of the molecule is C#C[C@H]1CCCN(C(=O)c2cc(C3CC3)nc3c2c(C)nn3C)C1. The molecule has 1 aliphatic heterocycles. The molecular formula is C19H22N4O. The maximum absolute atomic E-state index is 13.2. The summed E-state index contributed by atoms with van der Waals surface area (Å²) in [7, 11) is 1.89. The van der Waals surface area contributed by atoms with Gasteiger partial charge in [0.1, 0.15) is 0 Å². The minimum atomic E-state index is 0.0698. The number of fused-ring (bicyclic) bond motifs is 1. The molecule has 0 spiro atoms. The Labute approximate surface area is 142 Å². The second-order valence-corrected chi connectivity index (χ2v) is 7.03. The standard InChI is InChI=1S/C19H22N4O/c1-4-13-6-5-9-23(11-13)19(24)15-10-16(14-7-8-14)20-18-17(15)12(2)21-22(18)3/h1,10,13-14H,5-9,11H2,2-3H3/t13-/m0/s1. The number of carbonyl (C=O) groups is 1. The van der Waals surface area contributed by atoms with Crippen LogP contribution in [0.25, 0.3) is 11.0 Å². The largest absolute Gasteiger partial charge is 0.337 e. The number of hydrogen-bond acceptors (Lipinski definition) is 3. The zero-order valence-electron chi connectivity index (χ0n) is 14.2. The fourth-order valence-electron chi connectivity index (χ4n) is 3.69. The lowest BCUT2D eigenvalue weighted by Crippen LogP contribution is -2.39. The van der Waals surface area contributed by atoms with Crippen LogP contribution in [0.3, 0.4) is 0 Å². The Kier molecular flexibility index (Phi) is 3.56. The van der Waals surface area contributed by atoms with Gasteiger partial charge in [0.25, 0.3) is 5.91 Å². The molecule has 4 rings (SSSR count). The summed E-state index contributed by atoms with van der Waals surface area (Å²) in [6, 6.07) is 2.00. The van der Waals surface area contributed by atoms with Crippen molar-refractivity contribution >= 4 is 16.9 Å². The van der Waals surface area contributed by atoms with E-state index in [1.165, 1.54) is 0 Å². The van der Waals surface area contributed by atoms with Gasteiger partial charge in [-0.2, -0.15) is 5.10 Å². The molecule has 24 heavy (non-hydrogen) atoms. The van der Waals surface area contributed by atoms with E-state index in [-0.39, 0.29) is 11.8 Å². The van der Waals surface area contributed by atoms with E-state index in [0.29, 0.717) is 12.5 Å². The van der Waals surface area contributed by atoms with E-state index in [9.17, 15) is 4.79 Å². The third-order valence-electron chi connectivity index (χ3n) is 5.16. The summed E-state index contributed by atoms with van der Waals surface area (Å²) in [5.41, 5.74) is 3.44. The van der Waals surface area contributed by atoms with Crippen LogP contribution in [-0.4, -0.2) is 38.7 Å². The molecule has 0 bridgehead atoms. The molecule has 2 aliphatic rings. The van der Waals surface area contributed by atoms with Gasteiger partial charge in [-0.05, 0) is 38.7 Å². The Hall–Kier alpha value is -2.35. The first-order valence-corrected chi connectivity index (χ1v) is 8.68. The van der Waals surface area contributed by atoms with Crippen LogP contribution >= 0.6 is 0 Å². The lowest BCUT2D eigenvalue weighted by molar-refractivity contribution is 0.0701. The van der Waals surface area contributed by atoms with Gasteiger partial charge in [0.15, 0.2) is 5.65 Å². The Morgan fingerprint density at radius 2 is 2.17 bits per heavy atom. The van der Waals surface area contributed by atoms with Crippen molar-refractivity contribution in [3.63, 3.8) is 0 Å². The summed E-state index contributed by atoms with van der Waals surface area (Å²) >= 11 is 0. The summed E-state index contributed by atoms with van der Waals surface area (Å²) in [6.45, 7) is 3.37. The molecule has 3 heterocycles. The van der Waals surface area contributed by atoms with Crippen molar-refractivity contribution < 1.29 is 4.79 Å². The average molecular weight is 322 g/mol. The maximum atomic E-state index is 13.2. The van der Waals surface area contributed by atoms with E-state index in [1.807, 2.05) is 24.9 Å². The third-order valence-corrected chi connectivity index (χ3v) is 5.16. The molecule has 0 aromatic carbocycles. The van der Waals surface area contributed by atoms with Crippen LogP contribution in [0.4, 0.5) is 0 Å². The number of piperidine rings is 1. The van der Waals surface area contributed by atoms with Crippen molar-refractivity contribution in [2.75, 3.05) is 13.1 Å². The molecule has 2 fully saturated rings. The second-order valence-electron chi connectivity index (χ2n) is 7.03. The number of rotatable bonds is 2. The molecule has 1 amide bonds. The molecule has 2 aromatic heterocycles. The normalized spacial score (nSPS) is 21.0. The quantitative estimate of drug-likeness (QED) is 0.799. The predicted molar refractivity (Wildman–Crippen MR) is 92.7 cm³/mol. The fraction of sp³-hybridized carbons (Fsp3) is 0.526. The predicted octanol–water partition coefficient (Wildman–Crippen LogP) is 2.64. The number of nitrogens with zero attached hydrogens (tertiary/aromatic N) is 4. The number of aromatic nitrogens is 3. The fourth-order valence-corrected chi connectivity index (χ4v) is 3.69. The molecule has 1 atom stereocenters. The highest BCUT2D eigenvalue weighted by atomic mass is 16.2. The monoisotopic (exact) mass is 322 g/mol. The Morgan fingerprint density at radius 1 is 1.38 bits per heavy atom. The smallest absolute Gasteiger partial charge is 0.254 e. The van der Waals surface area contributed by atoms with Gasteiger partial charge in [0, 0.05) is 37.7 Å². The number of terminal acetylenes is 1. The molecule has 2 aromatic rings. The topological polar surface area (TPSA) is 51.0 Å². The summed E-state index contributed by atoms with van der Waals surface area (Å²) in [4.78, 5) is 19.9. The van der Waals surface area contributed by atoms with Gasteiger partial charge in [0.05, 0.1) is 16.6 Å². The van der Waals surface area contributed by atoms with Crippen LogP contribution in [0.2, 0.25) is 0 Å². The maximum Gasteiger partial charge on any atom is 0.254 e. The van der Waals surface area contributed by atoms with Gasteiger partial charge in [-0.15, -0.1) is 12.3 Å². The highest BCUT2D eigenvalue weighted by Crippen LogP contribution is 2.40. The molecule has 5 nitrogen and oxygen atoms in total. The van der Waals surface area contributed by atoms with Crippen LogP contribution in [-0.2, 0) is 7.05 Å². The number of likely N-dealkylation sites (tertiary alicyclic amines) is 1. The summed E-state index contributed by atoms with van der Waals surface area (Å²) in [6.07, 6.45) is 9.87. The van der Waals surface area contributed by atoms with Crippen LogP contribution < -0.4 is 0 Å². The third kappa shape index (κ3) is 2.47. The first kappa shape index (κ1) is 15.2. The van der Waals surface area contributed by atoms with Crippen molar-refractivity contribution in [3.05, 3.63) is 23.0 Å². The van der Waals surface area contributed by atoms with E-state index in [4.69, 9.17) is 11.4 Å². The van der Waals surface area contributed by atoms with Crippen molar-refractivity contribution in [1.82, 2.24) is 19.7 Å². The number of hydrogen-bond donors (Lipinski definition) is 0. The van der Waals surface area contributed by atoms with Gasteiger partial charge < -0.3 is 4.90 Å². The van der Waals surface area contributed by atoms with Crippen molar-refractivity contribution in [1.29, 1.82) is 0 Å². The van der Waals surface area contributed by atoms with Crippen LogP contribution in [0.1, 0.15) is 53.3 Å². The molecule has 5 heteroatoms. The van der Waals surface area contributed by atoms with Gasteiger partial charge in [-0.25, -0.2) is 4.98 Å². The number of amides is 1. The molecule has 1 saturated heterocycles. The Morgan fingerprint density at radius 3 is 2.88 bits per heavy atom. The molecule has 0 unspecified atom stereocenters. The summed E-state index contributed by atoms with van der Waals surface area (Å²) in [5.74, 6) is 3.54. The minimum absolute atomic E-state index is 0.0698. The number of pyridine rings is 1. The Balaban J connectivity index is 1.80. The molecule has 1 saturated carbocycles. The zero-order chi connectivity index (χ0) is 16.8. The van der Waals surface area contributed by atoms with E-state index in [2.05, 4.69) is 11.0 Å². The first-order valence-electron chi connectivity index (χ1n) is 8.68. The highest BCUT2D eigenvalue weighted by Gasteiger charge is 2.30. The zero-order valence-corrected chi connectivity index (χ0v) is 14.2. The van der Waals surface area contributed by atoms with Gasteiger partial charge in [0.2, 0.25) is 0 Å². The van der Waals surface area contributed by atoms with Crippen molar-refractivity contribution in [2.24, 2.45) is 13.0 Å². The van der Waals surface area contributed by atoms with E-state index in [0.717, 1.165) is 60.2 Å². The highest BCUT2D eigenvalue weighted by molar-refractivity contribution is 6.06. The number of carbonyl (C=O) groups excluding carboxylic acids is 1. The van der Waals surface area contributed by atoms with Crippen molar-refractivity contribution in [3.8, 4) is 12.3 Å². The van der Waals surface area contributed by atoms with Crippen LogP contribution in [0, 0.1) is 25.2 Å². The van der Waals surface area contributed by atoms with E-state index < -0.39 is 0 Å². The van der Waals surface area contributed by atoms with E-state index in [1.54, 1.807) is 4.68 Å². The Bertz CT molecular complexity index is 856. The summed E-state index contributed by atoms with van der Waals surface area (Å²) in [5, 5.41) is 5.37. The number of aryl methyl sites for hydroxylation is 2.